The number of amides is 2. The molecule has 1 saturated carbocycles. The first kappa shape index (κ1) is 15.8. The minimum atomic E-state index is -1.08. The largest absolute Gasteiger partial charge is 0.478 e. The summed E-state index contributed by atoms with van der Waals surface area (Å²) in [4.78, 5) is 22.8. The number of urea groups is 1. The molecule has 116 valence electrons. The summed E-state index contributed by atoms with van der Waals surface area (Å²) in [5, 5.41) is 26.5. The number of nitrogens with one attached hydrogen (secondary N) is 2. The summed E-state index contributed by atoms with van der Waals surface area (Å²) in [5.41, 5.74) is -0.776. The lowest BCUT2D eigenvalue weighted by molar-refractivity contribution is 0.0281. The van der Waals surface area contributed by atoms with Gasteiger partial charge in [-0.3, -0.25) is 5.32 Å². The van der Waals surface area contributed by atoms with Crippen LogP contribution in [0.1, 0.15) is 48.9 Å². The van der Waals surface area contributed by atoms with Gasteiger partial charge in [0.25, 0.3) is 0 Å². The lowest BCUT2D eigenvalue weighted by Crippen LogP contribution is -2.44. The second-order valence-electron chi connectivity index (χ2n) is 5.41. The van der Waals surface area contributed by atoms with Crippen molar-refractivity contribution in [1.82, 2.24) is 5.32 Å². The highest BCUT2D eigenvalue weighted by molar-refractivity contribution is 7.14. The Labute approximate surface area is 127 Å². The van der Waals surface area contributed by atoms with E-state index in [1.807, 2.05) is 0 Å². The molecule has 1 aliphatic rings. The molecule has 0 radical (unpaired) electrons. The highest BCUT2D eigenvalue weighted by Crippen LogP contribution is 2.26. The molecule has 1 aliphatic carbocycles. The number of anilines is 1. The van der Waals surface area contributed by atoms with Gasteiger partial charge in [0.15, 0.2) is 0 Å². The molecule has 0 aromatic carbocycles. The molecule has 0 aliphatic heterocycles. The van der Waals surface area contributed by atoms with Gasteiger partial charge < -0.3 is 15.5 Å². The molecule has 1 fully saturated rings. The van der Waals surface area contributed by atoms with E-state index in [0.717, 1.165) is 37.0 Å². The third kappa shape index (κ3) is 4.44. The van der Waals surface area contributed by atoms with E-state index in [9.17, 15) is 14.7 Å². The number of aromatic carboxylic acids is 1. The summed E-state index contributed by atoms with van der Waals surface area (Å²) < 4.78 is 0. The molecule has 0 bridgehead atoms. The van der Waals surface area contributed by atoms with E-state index in [0.29, 0.717) is 17.8 Å². The molecule has 1 aromatic heterocycles. The van der Waals surface area contributed by atoms with Crippen molar-refractivity contribution in [2.45, 2.75) is 44.1 Å². The van der Waals surface area contributed by atoms with Crippen molar-refractivity contribution in [2.24, 2.45) is 0 Å². The number of thiophene rings is 1. The second-order valence-corrected chi connectivity index (χ2v) is 6.33. The van der Waals surface area contributed by atoms with E-state index < -0.39 is 17.6 Å². The van der Waals surface area contributed by atoms with Gasteiger partial charge in [-0.15, -0.1) is 11.3 Å². The summed E-state index contributed by atoms with van der Waals surface area (Å²) in [6.07, 6.45) is 5.54. The van der Waals surface area contributed by atoms with Crippen LogP contribution in [0, 0.1) is 0 Å². The normalized spacial score (nSPS) is 17.8. The van der Waals surface area contributed by atoms with Crippen LogP contribution >= 0.6 is 11.3 Å². The van der Waals surface area contributed by atoms with Crippen molar-refractivity contribution >= 4 is 28.3 Å². The van der Waals surface area contributed by atoms with Crippen LogP contribution in [0.4, 0.5) is 9.80 Å². The van der Waals surface area contributed by atoms with Gasteiger partial charge in [-0.05, 0) is 24.3 Å². The Bertz CT molecular complexity index is 507. The van der Waals surface area contributed by atoms with Crippen molar-refractivity contribution < 1.29 is 19.8 Å². The summed E-state index contributed by atoms with van der Waals surface area (Å²) in [6.45, 7) is 0.187. The average molecular weight is 312 g/mol. The van der Waals surface area contributed by atoms with Gasteiger partial charge in [-0.1, -0.05) is 25.7 Å². The van der Waals surface area contributed by atoms with Crippen molar-refractivity contribution in [2.75, 3.05) is 11.9 Å². The Morgan fingerprint density at radius 3 is 2.52 bits per heavy atom. The van der Waals surface area contributed by atoms with Gasteiger partial charge in [0.1, 0.15) is 5.00 Å². The maximum Gasteiger partial charge on any atom is 0.338 e. The zero-order chi connectivity index (χ0) is 15.3. The number of carboxylic acid groups (broad SMARTS) is 1. The van der Waals surface area contributed by atoms with Crippen LogP contribution in [-0.2, 0) is 0 Å². The van der Waals surface area contributed by atoms with Gasteiger partial charge in [0, 0.05) is 6.54 Å². The predicted molar refractivity (Wildman–Crippen MR) is 81.0 cm³/mol. The van der Waals surface area contributed by atoms with Gasteiger partial charge in [0.2, 0.25) is 0 Å². The molecule has 0 saturated heterocycles. The Hall–Kier alpha value is -1.60. The van der Waals surface area contributed by atoms with E-state index in [-0.39, 0.29) is 12.1 Å². The number of carboxylic acids is 1. The van der Waals surface area contributed by atoms with Crippen molar-refractivity contribution in [3.8, 4) is 0 Å². The minimum Gasteiger partial charge on any atom is -0.478 e. The average Bonchev–Trinajstić information content (AvgIpc) is 2.78. The minimum absolute atomic E-state index is 0.0725. The first-order chi connectivity index (χ1) is 10.0. The number of carbonyl (C=O) groups is 2. The molecule has 0 spiro atoms. The number of aliphatic hydroxyl groups is 1. The van der Waals surface area contributed by atoms with Gasteiger partial charge in [0.05, 0.1) is 11.2 Å². The smallest absolute Gasteiger partial charge is 0.338 e. The van der Waals surface area contributed by atoms with Crippen molar-refractivity contribution in [3.05, 3.63) is 17.0 Å². The summed E-state index contributed by atoms with van der Waals surface area (Å²) in [5.74, 6) is -1.08. The number of carbonyl (C=O) groups excluding carboxylic acids is 1. The van der Waals surface area contributed by atoms with E-state index >= 15 is 0 Å². The molecular formula is C14H20N2O4S. The molecular weight excluding hydrogens is 292 g/mol. The molecule has 4 N–H and O–H groups in total. The van der Waals surface area contributed by atoms with Crippen molar-refractivity contribution in [1.29, 1.82) is 0 Å². The SMILES string of the molecule is O=C(NCC1(O)CCCCCC1)Nc1sccc1C(=O)O. The molecule has 2 amide bonds. The predicted octanol–water partition coefficient (Wildman–Crippen LogP) is 2.65. The highest BCUT2D eigenvalue weighted by Gasteiger charge is 2.28. The number of hydrogen-bond donors (Lipinski definition) is 4. The molecule has 21 heavy (non-hydrogen) atoms. The fourth-order valence-corrected chi connectivity index (χ4v) is 3.30. The first-order valence-electron chi connectivity index (χ1n) is 7.08. The Kier molecular flexibility index (Phi) is 5.19. The van der Waals surface area contributed by atoms with E-state index in [4.69, 9.17) is 5.11 Å². The maximum absolute atomic E-state index is 11.8. The van der Waals surface area contributed by atoms with Crippen LogP contribution in [-0.4, -0.2) is 34.4 Å². The highest BCUT2D eigenvalue weighted by atomic mass is 32.1. The fourth-order valence-electron chi connectivity index (χ4n) is 2.53. The second kappa shape index (κ2) is 6.91. The number of rotatable bonds is 4. The summed E-state index contributed by atoms with van der Waals surface area (Å²) in [6, 6.07) is 0.958. The molecule has 1 heterocycles. The lowest BCUT2D eigenvalue weighted by Gasteiger charge is -2.26. The van der Waals surface area contributed by atoms with Gasteiger partial charge in [-0.2, -0.15) is 0 Å². The fraction of sp³-hybridized carbons (Fsp3) is 0.571. The van der Waals surface area contributed by atoms with E-state index in [1.54, 1.807) is 5.38 Å². The first-order valence-corrected chi connectivity index (χ1v) is 7.96. The van der Waals surface area contributed by atoms with Gasteiger partial charge in [-0.25, -0.2) is 9.59 Å². The van der Waals surface area contributed by atoms with E-state index in [2.05, 4.69) is 10.6 Å². The van der Waals surface area contributed by atoms with Crippen LogP contribution in [0.3, 0.4) is 0 Å². The molecule has 2 rings (SSSR count). The third-order valence-electron chi connectivity index (χ3n) is 3.73. The Morgan fingerprint density at radius 1 is 1.24 bits per heavy atom. The quantitative estimate of drug-likeness (QED) is 0.642. The summed E-state index contributed by atoms with van der Waals surface area (Å²) >= 11 is 1.15. The molecule has 7 heteroatoms. The van der Waals surface area contributed by atoms with Crippen LogP contribution < -0.4 is 10.6 Å². The molecule has 0 atom stereocenters. The zero-order valence-corrected chi connectivity index (χ0v) is 12.5. The van der Waals surface area contributed by atoms with Crippen LogP contribution in [0.2, 0.25) is 0 Å². The van der Waals surface area contributed by atoms with Crippen molar-refractivity contribution in [3.63, 3.8) is 0 Å². The topological polar surface area (TPSA) is 98.7 Å². The van der Waals surface area contributed by atoms with Crippen LogP contribution in [0.15, 0.2) is 11.4 Å². The zero-order valence-electron chi connectivity index (χ0n) is 11.7. The maximum atomic E-state index is 11.8. The lowest BCUT2D eigenvalue weighted by atomic mass is 9.95. The van der Waals surface area contributed by atoms with Crippen LogP contribution in [0.5, 0.6) is 0 Å². The molecule has 6 nitrogen and oxygen atoms in total. The standard InChI is InChI=1S/C14H20N2O4S/c17-12(18)10-5-8-21-11(10)16-13(19)15-9-14(20)6-3-1-2-4-7-14/h5,8,20H,1-4,6-7,9H2,(H,17,18)(H2,15,16,19). The van der Waals surface area contributed by atoms with Crippen LogP contribution in [0.25, 0.3) is 0 Å². The molecule has 0 unspecified atom stereocenters. The van der Waals surface area contributed by atoms with E-state index in [1.165, 1.54) is 6.07 Å². The Balaban J connectivity index is 1.87. The summed E-state index contributed by atoms with van der Waals surface area (Å²) in [7, 11) is 0. The molecule has 1 aromatic rings. The van der Waals surface area contributed by atoms with Gasteiger partial charge >= 0.3 is 12.0 Å². The monoisotopic (exact) mass is 312 g/mol. The Morgan fingerprint density at radius 2 is 1.90 bits per heavy atom. The number of hydrogen-bond acceptors (Lipinski definition) is 4. The third-order valence-corrected chi connectivity index (χ3v) is 4.56.